The number of nitrogens with zero attached hydrogens (tertiary/aromatic N) is 1. The summed E-state index contributed by atoms with van der Waals surface area (Å²) < 4.78 is 52.9. The van der Waals surface area contributed by atoms with Crippen LogP contribution in [0, 0.1) is 17.6 Å². The Morgan fingerprint density at radius 1 is 1.11 bits per heavy atom. The molecule has 4 rings (SSSR count). The smallest absolute Gasteiger partial charge is 0.315 e. The molecule has 0 radical (unpaired) electrons. The highest BCUT2D eigenvalue weighted by Gasteiger charge is 2.47. The van der Waals surface area contributed by atoms with E-state index in [-0.39, 0.29) is 23.9 Å². The number of hydrogen-bond donors (Lipinski definition) is 1. The molecule has 2 aromatic carbocycles. The molecule has 1 aliphatic heterocycles. The van der Waals surface area contributed by atoms with Crippen LogP contribution in [0.3, 0.4) is 0 Å². The topological polar surface area (TPSA) is 32.3 Å². The molecule has 0 aromatic heterocycles. The van der Waals surface area contributed by atoms with Gasteiger partial charge in [0.25, 0.3) is 5.91 Å². The zero-order chi connectivity index (χ0) is 19.1. The number of nitrogens with one attached hydrogen (secondary N) is 1. The van der Waals surface area contributed by atoms with Gasteiger partial charge in [0.05, 0.1) is 6.04 Å². The molecule has 3 atom stereocenters. The van der Waals surface area contributed by atoms with E-state index in [2.05, 4.69) is 5.32 Å². The minimum atomic E-state index is -3.07. The fourth-order valence-corrected chi connectivity index (χ4v) is 4.38. The van der Waals surface area contributed by atoms with Crippen molar-refractivity contribution < 1.29 is 22.4 Å². The molecule has 2 aliphatic rings. The van der Waals surface area contributed by atoms with Gasteiger partial charge in [-0.3, -0.25) is 9.69 Å². The van der Waals surface area contributed by atoms with Gasteiger partial charge in [0.15, 0.2) is 0 Å². The molecule has 1 saturated heterocycles. The van der Waals surface area contributed by atoms with Crippen LogP contribution in [-0.4, -0.2) is 30.3 Å². The molecule has 7 heteroatoms. The third-order valence-electron chi connectivity index (χ3n) is 5.50. The quantitative estimate of drug-likeness (QED) is 0.825. The van der Waals surface area contributed by atoms with Crippen LogP contribution in [0.1, 0.15) is 28.7 Å². The number of carbonyl (C=O) groups is 1. The molecule has 0 spiro atoms. The van der Waals surface area contributed by atoms with Crippen molar-refractivity contribution in [3.8, 4) is 0 Å². The molecule has 142 valence electrons. The lowest BCUT2D eigenvalue weighted by atomic mass is 9.94. The van der Waals surface area contributed by atoms with Gasteiger partial charge in [0.2, 0.25) is 0 Å². The van der Waals surface area contributed by atoms with Gasteiger partial charge in [-0.05, 0) is 29.3 Å². The van der Waals surface area contributed by atoms with Crippen LogP contribution in [-0.2, 0) is 11.3 Å². The molecule has 1 aliphatic carbocycles. The van der Waals surface area contributed by atoms with E-state index in [0.29, 0.717) is 13.1 Å². The SMILES string of the molecule is O=C(N[C@@H]1c2ccccc2[C@@H]2CN(Cc3cc(F)ccc3F)C[C@H]12)C(F)F. The van der Waals surface area contributed by atoms with E-state index in [1.54, 1.807) is 0 Å². The summed E-state index contributed by atoms with van der Waals surface area (Å²) in [5, 5.41) is 2.46. The summed E-state index contributed by atoms with van der Waals surface area (Å²) in [5.74, 6) is -2.29. The molecule has 1 heterocycles. The van der Waals surface area contributed by atoms with Crippen molar-refractivity contribution in [3.63, 3.8) is 0 Å². The van der Waals surface area contributed by atoms with Crippen LogP contribution in [0.5, 0.6) is 0 Å². The zero-order valence-corrected chi connectivity index (χ0v) is 14.3. The van der Waals surface area contributed by atoms with Crippen molar-refractivity contribution in [1.29, 1.82) is 0 Å². The molecule has 1 amide bonds. The van der Waals surface area contributed by atoms with Crippen molar-refractivity contribution in [2.45, 2.75) is 24.9 Å². The van der Waals surface area contributed by atoms with E-state index in [4.69, 9.17) is 0 Å². The van der Waals surface area contributed by atoms with Gasteiger partial charge in [0, 0.05) is 37.0 Å². The van der Waals surface area contributed by atoms with Gasteiger partial charge in [0.1, 0.15) is 11.6 Å². The number of carbonyl (C=O) groups excluding carboxylic acids is 1. The fourth-order valence-electron chi connectivity index (χ4n) is 4.38. The van der Waals surface area contributed by atoms with Gasteiger partial charge in [-0.15, -0.1) is 0 Å². The molecule has 3 nitrogen and oxygen atoms in total. The van der Waals surface area contributed by atoms with Crippen LogP contribution in [0.25, 0.3) is 0 Å². The molecule has 2 aromatic rings. The average molecular weight is 378 g/mol. The first-order valence-electron chi connectivity index (χ1n) is 8.77. The van der Waals surface area contributed by atoms with E-state index in [1.807, 2.05) is 29.2 Å². The fraction of sp³-hybridized carbons (Fsp3) is 0.350. The van der Waals surface area contributed by atoms with Crippen molar-refractivity contribution >= 4 is 5.91 Å². The Kier molecular flexibility index (Phi) is 4.63. The van der Waals surface area contributed by atoms with Crippen LogP contribution < -0.4 is 5.32 Å². The number of amides is 1. The maximum Gasteiger partial charge on any atom is 0.315 e. The Bertz CT molecular complexity index is 873. The first kappa shape index (κ1) is 18.0. The average Bonchev–Trinajstić information content (AvgIpc) is 3.16. The Labute approximate surface area is 154 Å². The number of rotatable bonds is 4. The number of benzene rings is 2. The molecular formula is C20H18F4N2O. The monoisotopic (exact) mass is 378 g/mol. The van der Waals surface area contributed by atoms with Gasteiger partial charge in [-0.1, -0.05) is 24.3 Å². The number of fused-ring (bicyclic) bond motifs is 3. The highest BCUT2D eigenvalue weighted by Crippen LogP contribution is 2.49. The largest absolute Gasteiger partial charge is 0.344 e. The Balaban J connectivity index is 1.57. The minimum absolute atomic E-state index is 0.0563. The Hall–Kier alpha value is -2.41. The first-order chi connectivity index (χ1) is 12.9. The van der Waals surface area contributed by atoms with Gasteiger partial charge in [-0.2, -0.15) is 8.78 Å². The predicted molar refractivity (Wildman–Crippen MR) is 91.2 cm³/mol. The van der Waals surface area contributed by atoms with Crippen molar-refractivity contribution in [2.75, 3.05) is 13.1 Å². The third-order valence-corrected chi connectivity index (χ3v) is 5.50. The summed E-state index contributed by atoms with van der Waals surface area (Å²) in [5.41, 5.74) is 2.14. The van der Waals surface area contributed by atoms with Gasteiger partial charge < -0.3 is 5.32 Å². The summed E-state index contributed by atoms with van der Waals surface area (Å²) >= 11 is 0. The van der Waals surface area contributed by atoms with E-state index in [9.17, 15) is 22.4 Å². The van der Waals surface area contributed by atoms with Crippen LogP contribution in [0.4, 0.5) is 17.6 Å². The second kappa shape index (κ2) is 6.96. The predicted octanol–water partition coefficient (Wildman–Crippen LogP) is 3.62. The molecular weight excluding hydrogens is 360 g/mol. The molecule has 0 bridgehead atoms. The van der Waals surface area contributed by atoms with E-state index < -0.39 is 30.0 Å². The molecule has 0 unspecified atom stereocenters. The molecule has 0 saturated carbocycles. The number of hydrogen-bond acceptors (Lipinski definition) is 2. The third kappa shape index (κ3) is 3.32. The Morgan fingerprint density at radius 3 is 2.59 bits per heavy atom. The second-order valence-corrected chi connectivity index (χ2v) is 7.12. The lowest BCUT2D eigenvalue weighted by molar-refractivity contribution is -0.132. The van der Waals surface area contributed by atoms with Crippen molar-refractivity contribution in [2.24, 2.45) is 5.92 Å². The van der Waals surface area contributed by atoms with Crippen molar-refractivity contribution in [3.05, 3.63) is 70.8 Å². The summed E-state index contributed by atoms with van der Waals surface area (Å²) in [7, 11) is 0. The number of likely N-dealkylation sites (tertiary alicyclic amines) is 1. The number of halogens is 4. The minimum Gasteiger partial charge on any atom is -0.344 e. The maximum atomic E-state index is 14.0. The first-order valence-corrected chi connectivity index (χ1v) is 8.77. The Morgan fingerprint density at radius 2 is 1.85 bits per heavy atom. The highest BCUT2D eigenvalue weighted by molar-refractivity contribution is 5.79. The highest BCUT2D eigenvalue weighted by atomic mass is 19.3. The maximum absolute atomic E-state index is 14.0. The van der Waals surface area contributed by atoms with Gasteiger partial charge in [-0.25, -0.2) is 8.78 Å². The van der Waals surface area contributed by atoms with Crippen LogP contribution >= 0.6 is 0 Å². The second-order valence-electron chi connectivity index (χ2n) is 7.12. The van der Waals surface area contributed by atoms with Crippen LogP contribution in [0.2, 0.25) is 0 Å². The summed E-state index contributed by atoms with van der Waals surface area (Å²) in [6.45, 7) is 1.33. The zero-order valence-electron chi connectivity index (χ0n) is 14.3. The summed E-state index contributed by atoms with van der Waals surface area (Å²) in [4.78, 5) is 13.6. The van der Waals surface area contributed by atoms with E-state index >= 15 is 0 Å². The molecule has 1 fully saturated rings. The lowest BCUT2D eigenvalue weighted by Gasteiger charge is -2.23. The summed E-state index contributed by atoms with van der Waals surface area (Å²) in [6, 6.07) is 10.3. The van der Waals surface area contributed by atoms with Gasteiger partial charge >= 0.3 is 6.43 Å². The number of alkyl halides is 2. The standard InChI is InChI=1S/C20H18F4N2O/c21-12-5-6-17(22)11(7-12)8-26-9-15-13-3-1-2-4-14(13)18(16(15)10-26)25-20(27)19(23)24/h1-7,15-16,18-19H,8-10H2,(H,25,27)/t15-,16-,18+/m0/s1. The molecule has 1 N–H and O–H groups in total. The molecule has 27 heavy (non-hydrogen) atoms. The van der Waals surface area contributed by atoms with E-state index in [0.717, 1.165) is 23.3 Å². The summed E-state index contributed by atoms with van der Waals surface area (Å²) in [6.07, 6.45) is -3.07. The van der Waals surface area contributed by atoms with Crippen LogP contribution in [0.15, 0.2) is 42.5 Å². The van der Waals surface area contributed by atoms with Crippen molar-refractivity contribution in [1.82, 2.24) is 10.2 Å². The normalized spacial score (nSPS) is 24.1. The lowest BCUT2D eigenvalue weighted by Crippen LogP contribution is -2.36. The van der Waals surface area contributed by atoms with E-state index in [1.165, 1.54) is 6.07 Å².